The topological polar surface area (TPSA) is 72.9 Å². The van der Waals surface area contributed by atoms with E-state index in [0.717, 1.165) is 11.1 Å². The van der Waals surface area contributed by atoms with Crippen molar-refractivity contribution in [1.29, 1.82) is 0 Å². The molecule has 0 fully saturated rings. The van der Waals surface area contributed by atoms with Crippen molar-refractivity contribution in [2.24, 2.45) is 0 Å². The number of hydrogen-bond acceptors (Lipinski definition) is 5. The minimum absolute atomic E-state index is 0.0348. The highest BCUT2D eigenvalue weighted by Crippen LogP contribution is 2.22. The summed E-state index contributed by atoms with van der Waals surface area (Å²) < 4.78 is 9.85. The monoisotopic (exact) mass is 353 g/mol. The lowest BCUT2D eigenvalue weighted by atomic mass is 10.0. The fourth-order valence-electron chi connectivity index (χ4n) is 2.99. The standard InChI is InChI=1S/C20H19NO5/c1-25-18-7-5-13(6-8-18)19(23)21-11-16-9-15(20(24)26-2)4-3-14(16)10-17(22)12-21/h3-9H,10-12H2,1-2H3. The fraction of sp³-hybridized carbons (Fsp3) is 0.250. The Kier molecular flexibility index (Phi) is 5.02. The zero-order valence-corrected chi connectivity index (χ0v) is 14.7. The molecule has 0 radical (unpaired) electrons. The Morgan fingerprint density at radius 1 is 0.923 bits per heavy atom. The molecule has 1 aliphatic rings. The number of ketones is 1. The van der Waals surface area contributed by atoms with Gasteiger partial charge in [0.2, 0.25) is 0 Å². The molecule has 26 heavy (non-hydrogen) atoms. The number of hydrogen-bond donors (Lipinski definition) is 0. The summed E-state index contributed by atoms with van der Waals surface area (Å²) in [4.78, 5) is 38.3. The first-order valence-electron chi connectivity index (χ1n) is 8.17. The SMILES string of the molecule is COC(=O)c1ccc2c(c1)CN(C(=O)c1ccc(OC)cc1)CC(=O)C2. The molecule has 2 aromatic carbocycles. The number of benzene rings is 2. The van der Waals surface area contributed by atoms with Gasteiger partial charge in [-0.2, -0.15) is 0 Å². The number of esters is 1. The van der Waals surface area contributed by atoms with Gasteiger partial charge in [-0.1, -0.05) is 6.07 Å². The van der Waals surface area contributed by atoms with Gasteiger partial charge in [0, 0.05) is 18.5 Å². The Labute approximate surface area is 151 Å². The molecule has 2 aromatic rings. The van der Waals surface area contributed by atoms with Crippen molar-refractivity contribution in [3.05, 3.63) is 64.7 Å². The summed E-state index contributed by atoms with van der Waals surface area (Å²) in [6, 6.07) is 11.8. The minimum atomic E-state index is -0.448. The molecule has 1 amide bonds. The second-order valence-corrected chi connectivity index (χ2v) is 6.08. The zero-order chi connectivity index (χ0) is 18.7. The van der Waals surface area contributed by atoms with Crippen LogP contribution in [0.3, 0.4) is 0 Å². The Morgan fingerprint density at radius 2 is 1.62 bits per heavy atom. The Balaban J connectivity index is 1.90. The van der Waals surface area contributed by atoms with E-state index in [4.69, 9.17) is 9.47 Å². The van der Waals surface area contributed by atoms with Crippen LogP contribution in [-0.2, 0) is 22.5 Å². The maximum absolute atomic E-state index is 12.8. The molecule has 0 spiro atoms. The van der Waals surface area contributed by atoms with E-state index in [1.165, 1.54) is 12.0 Å². The zero-order valence-electron chi connectivity index (χ0n) is 14.7. The molecule has 0 bridgehead atoms. The molecule has 0 aliphatic carbocycles. The third-order valence-corrected chi connectivity index (χ3v) is 4.37. The van der Waals surface area contributed by atoms with E-state index in [2.05, 4.69) is 0 Å². The second-order valence-electron chi connectivity index (χ2n) is 6.08. The number of carbonyl (C=O) groups is 3. The van der Waals surface area contributed by atoms with E-state index in [1.807, 2.05) is 0 Å². The molecule has 0 unspecified atom stereocenters. The first-order chi connectivity index (χ1) is 12.5. The summed E-state index contributed by atoms with van der Waals surface area (Å²) in [7, 11) is 2.87. The number of Topliss-reactive ketones (excluding diaryl/α,β-unsaturated/α-hetero) is 1. The van der Waals surface area contributed by atoms with Crippen LogP contribution in [0.2, 0.25) is 0 Å². The molecular weight excluding hydrogens is 334 g/mol. The quantitative estimate of drug-likeness (QED) is 0.792. The lowest BCUT2D eigenvalue weighted by Gasteiger charge is -2.20. The van der Waals surface area contributed by atoms with Crippen molar-refractivity contribution in [1.82, 2.24) is 4.90 Å². The summed E-state index contributed by atoms with van der Waals surface area (Å²) in [6.07, 6.45) is 0.239. The molecule has 1 heterocycles. The van der Waals surface area contributed by atoms with Crippen molar-refractivity contribution in [2.45, 2.75) is 13.0 Å². The fourth-order valence-corrected chi connectivity index (χ4v) is 2.99. The van der Waals surface area contributed by atoms with Crippen molar-refractivity contribution in [2.75, 3.05) is 20.8 Å². The molecular formula is C20H19NO5. The predicted octanol–water partition coefficient (Wildman–Crippen LogP) is 2.25. The molecule has 6 nitrogen and oxygen atoms in total. The third kappa shape index (κ3) is 3.59. The number of carbonyl (C=O) groups excluding carboxylic acids is 3. The first kappa shape index (κ1) is 17.7. The van der Waals surface area contributed by atoms with Gasteiger partial charge in [0.15, 0.2) is 5.78 Å². The minimum Gasteiger partial charge on any atom is -0.497 e. The molecule has 0 saturated carbocycles. The second kappa shape index (κ2) is 7.39. The van der Waals surface area contributed by atoms with Gasteiger partial charge in [-0.15, -0.1) is 0 Å². The van der Waals surface area contributed by atoms with E-state index in [9.17, 15) is 14.4 Å². The predicted molar refractivity (Wildman–Crippen MR) is 94.2 cm³/mol. The van der Waals surface area contributed by atoms with Crippen LogP contribution >= 0.6 is 0 Å². The molecule has 1 aliphatic heterocycles. The normalized spacial score (nSPS) is 13.6. The smallest absolute Gasteiger partial charge is 0.337 e. The summed E-state index contributed by atoms with van der Waals surface area (Å²) in [5.41, 5.74) is 2.48. The van der Waals surface area contributed by atoms with Crippen LogP contribution < -0.4 is 4.74 Å². The molecule has 0 aromatic heterocycles. The maximum Gasteiger partial charge on any atom is 0.337 e. The van der Waals surface area contributed by atoms with Crippen LogP contribution in [0.25, 0.3) is 0 Å². The number of rotatable bonds is 3. The Bertz CT molecular complexity index is 857. The lowest BCUT2D eigenvalue weighted by Crippen LogP contribution is -2.34. The third-order valence-electron chi connectivity index (χ3n) is 4.37. The highest BCUT2D eigenvalue weighted by atomic mass is 16.5. The van der Waals surface area contributed by atoms with Gasteiger partial charge in [-0.25, -0.2) is 4.79 Å². The van der Waals surface area contributed by atoms with Gasteiger partial charge < -0.3 is 14.4 Å². The largest absolute Gasteiger partial charge is 0.497 e. The van der Waals surface area contributed by atoms with E-state index in [0.29, 0.717) is 16.9 Å². The summed E-state index contributed by atoms with van der Waals surface area (Å²) in [6.45, 7) is 0.296. The average Bonchev–Trinajstić information content (AvgIpc) is 2.84. The van der Waals surface area contributed by atoms with Crippen LogP contribution in [0.15, 0.2) is 42.5 Å². The molecule has 0 N–H and O–H groups in total. The molecule has 6 heteroatoms. The van der Waals surface area contributed by atoms with Crippen LogP contribution in [0.5, 0.6) is 5.75 Å². The summed E-state index contributed by atoms with van der Waals surface area (Å²) in [5.74, 6) is -0.0771. The van der Waals surface area contributed by atoms with E-state index >= 15 is 0 Å². The van der Waals surface area contributed by atoms with Crippen molar-refractivity contribution >= 4 is 17.7 Å². The van der Waals surface area contributed by atoms with Gasteiger partial charge in [-0.05, 0) is 47.5 Å². The number of ether oxygens (including phenoxy) is 2. The average molecular weight is 353 g/mol. The van der Waals surface area contributed by atoms with E-state index < -0.39 is 5.97 Å². The highest BCUT2D eigenvalue weighted by molar-refractivity contribution is 5.98. The highest BCUT2D eigenvalue weighted by Gasteiger charge is 2.25. The molecule has 0 saturated heterocycles. The number of methoxy groups -OCH3 is 2. The summed E-state index contributed by atoms with van der Waals surface area (Å²) >= 11 is 0. The van der Waals surface area contributed by atoms with Crippen LogP contribution in [-0.4, -0.2) is 43.3 Å². The van der Waals surface area contributed by atoms with Crippen LogP contribution in [0, 0.1) is 0 Å². The maximum atomic E-state index is 12.8. The first-order valence-corrected chi connectivity index (χ1v) is 8.17. The Morgan fingerprint density at radius 3 is 2.27 bits per heavy atom. The van der Waals surface area contributed by atoms with Gasteiger partial charge in [0.25, 0.3) is 5.91 Å². The van der Waals surface area contributed by atoms with Crippen molar-refractivity contribution in [3.63, 3.8) is 0 Å². The van der Waals surface area contributed by atoms with Crippen LogP contribution in [0.4, 0.5) is 0 Å². The molecule has 0 atom stereocenters. The number of amides is 1. The van der Waals surface area contributed by atoms with E-state index in [-0.39, 0.29) is 31.2 Å². The number of nitrogens with zero attached hydrogens (tertiary/aromatic N) is 1. The van der Waals surface area contributed by atoms with Crippen LogP contribution in [0.1, 0.15) is 31.8 Å². The van der Waals surface area contributed by atoms with Crippen molar-refractivity contribution < 1.29 is 23.9 Å². The van der Waals surface area contributed by atoms with Gasteiger partial charge in [0.1, 0.15) is 5.75 Å². The van der Waals surface area contributed by atoms with Gasteiger partial charge in [-0.3, -0.25) is 9.59 Å². The van der Waals surface area contributed by atoms with E-state index in [1.54, 1.807) is 49.6 Å². The lowest BCUT2D eigenvalue weighted by molar-refractivity contribution is -0.118. The molecule has 134 valence electrons. The number of fused-ring (bicyclic) bond motifs is 1. The summed E-state index contributed by atoms with van der Waals surface area (Å²) in [5, 5.41) is 0. The van der Waals surface area contributed by atoms with Crippen molar-refractivity contribution in [3.8, 4) is 5.75 Å². The van der Waals surface area contributed by atoms with Gasteiger partial charge >= 0.3 is 5.97 Å². The van der Waals surface area contributed by atoms with Gasteiger partial charge in [0.05, 0.1) is 26.3 Å². The molecule has 3 rings (SSSR count). The Hall–Kier alpha value is -3.15.